The molecule has 268 valence electrons. The topological polar surface area (TPSA) is 137 Å². The summed E-state index contributed by atoms with van der Waals surface area (Å²) in [5.74, 6) is -3.35. The lowest BCUT2D eigenvalue weighted by molar-refractivity contribution is -0.137. The molecule has 3 aromatic heterocycles. The lowest BCUT2D eigenvalue weighted by atomic mass is 9.98. The van der Waals surface area contributed by atoms with Gasteiger partial charge in [0.05, 0.1) is 40.4 Å². The van der Waals surface area contributed by atoms with Crippen molar-refractivity contribution in [2.24, 2.45) is 0 Å². The average molecular weight is 748 g/mol. The number of alkyl halides is 3. The second-order valence-corrected chi connectivity index (χ2v) is 13.6. The summed E-state index contributed by atoms with van der Waals surface area (Å²) in [6.07, 6.45) is -0.817. The van der Waals surface area contributed by atoms with Crippen molar-refractivity contribution in [3.05, 3.63) is 56.5 Å². The number of likely N-dealkylation sites (tertiary alicyclic amines) is 1. The highest BCUT2D eigenvalue weighted by molar-refractivity contribution is 7.10. The van der Waals surface area contributed by atoms with Crippen LogP contribution in [0.4, 0.5) is 33.6 Å². The summed E-state index contributed by atoms with van der Waals surface area (Å²) in [5, 5.41) is 11.2. The van der Waals surface area contributed by atoms with E-state index < -0.39 is 57.1 Å². The van der Waals surface area contributed by atoms with Crippen LogP contribution in [-0.2, 0) is 11.0 Å². The quantitative estimate of drug-likeness (QED) is 0.162. The van der Waals surface area contributed by atoms with E-state index in [0.717, 1.165) is 42.9 Å². The first-order valence-corrected chi connectivity index (χ1v) is 17.1. The van der Waals surface area contributed by atoms with Crippen molar-refractivity contribution in [3.8, 4) is 23.3 Å². The zero-order valence-corrected chi connectivity index (χ0v) is 28.9. The number of likely N-dealkylation sites (N-methyl/N-ethyl adjacent to an activating group) is 1. The molecule has 2 atom stereocenters. The van der Waals surface area contributed by atoms with Gasteiger partial charge in [0.1, 0.15) is 28.8 Å². The number of anilines is 2. The fourth-order valence-electron chi connectivity index (χ4n) is 6.49. The molecule has 2 saturated heterocycles. The van der Waals surface area contributed by atoms with Crippen LogP contribution in [0.25, 0.3) is 28.2 Å². The number of nitrogens with two attached hydrogens (primary N) is 1. The average Bonchev–Trinajstić information content (AvgIpc) is 3.74. The van der Waals surface area contributed by atoms with Gasteiger partial charge in [-0.15, -0.1) is 11.3 Å². The molecule has 2 fully saturated rings. The second kappa shape index (κ2) is 14.5. The van der Waals surface area contributed by atoms with Crippen LogP contribution in [0.15, 0.2) is 29.5 Å². The Hall–Kier alpha value is -4.66. The van der Waals surface area contributed by atoms with E-state index in [0.29, 0.717) is 5.01 Å². The van der Waals surface area contributed by atoms with Crippen LogP contribution in [0, 0.1) is 24.1 Å². The summed E-state index contributed by atoms with van der Waals surface area (Å²) < 4.78 is 80.7. The normalized spacial score (nSPS) is 18.8. The SMILES string of the molecule is Cc1cc(N)nc(-c2c(Cl)cc3c(N4CCN(C(=O)/C(F)=C/c5nccs5)C(CC#N)C4)nc(OCC4CCCN4C)nc3c2F)c1C(F)(F)F. The predicted octanol–water partition coefficient (Wildman–Crippen LogP) is 6.26. The van der Waals surface area contributed by atoms with E-state index in [2.05, 4.69) is 24.8 Å². The van der Waals surface area contributed by atoms with Gasteiger partial charge in [-0.25, -0.2) is 18.7 Å². The molecule has 0 spiro atoms. The number of nitriles is 1. The molecule has 1 amide bonds. The van der Waals surface area contributed by atoms with Gasteiger partial charge in [0, 0.05) is 48.7 Å². The summed E-state index contributed by atoms with van der Waals surface area (Å²) >= 11 is 7.72. The molecule has 18 heteroatoms. The van der Waals surface area contributed by atoms with Crippen molar-refractivity contribution in [1.29, 1.82) is 5.26 Å². The molecule has 2 unspecified atom stereocenters. The van der Waals surface area contributed by atoms with Gasteiger partial charge in [-0.2, -0.15) is 28.4 Å². The van der Waals surface area contributed by atoms with Crippen LogP contribution in [-0.4, -0.2) is 87.6 Å². The number of piperazine rings is 1. The van der Waals surface area contributed by atoms with Crippen LogP contribution in [0.2, 0.25) is 5.02 Å². The number of hydrogen-bond acceptors (Lipinski definition) is 11. The standard InChI is InChI=1S/C33H31ClF5N9O2S/c1-17-12-23(41)43-29(26(17)33(37,38)39)25-21(34)13-20-28(27(25)36)44-32(50-16-19-4-3-8-46(19)2)45-30(20)47-9-10-48(18(15-47)5-6-40)31(49)22(35)14-24-42-7-11-51-24/h7,11-14,18-19H,3-5,8-10,15-16H2,1-2H3,(H2,41,43)/b22-14-. The van der Waals surface area contributed by atoms with E-state index in [1.54, 1.807) is 10.3 Å². The number of aryl methyl sites for hydroxylation is 1. The van der Waals surface area contributed by atoms with Gasteiger partial charge < -0.3 is 25.2 Å². The molecular weight excluding hydrogens is 717 g/mol. The number of pyridine rings is 1. The highest BCUT2D eigenvalue weighted by atomic mass is 35.5. The smallest absolute Gasteiger partial charge is 0.418 e. The largest absolute Gasteiger partial charge is 0.462 e. The number of benzene rings is 1. The number of hydrogen-bond donors (Lipinski definition) is 1. The Morgan fingerprint density at radius 2 is 2.00 bits per heavy atom. The second-order valence-electron chi connectivity index (χ2n) is 12.3. The number of halogens is 6. The van der Waals surface area contributed by atoms with Crippen molar-refractivity contribution < 1.29 is 31.5 Å². The third-order valence-corrected chi connectivity index (χ3v) is 9.97. The van der Waals surface area contributed by atoms with E-state index in [-0.39, 0.29) is 67.3 Å². The van der Waals surface area contributed by atoms with E-state index >= 15 is 8.78 Å². The number of nitrogens with zero attached hydrogens (tertiary/aromatic N) is 8. The predicted molar refractivity (Wildman–Crippen MR) is 182 cm³/mol. The van der Waals surface area contributed by atoms with Crippen molar-refractivity contribution in [2.45, 2.75) is 44.4 Å². The first-order valence-electron chi connectivity index (χ1n) is 15.8. The minimum atomic E-state index is -4.93. The van der Waals surface area contributed by atoms with Gasteiger partial charge >= 0.3 is 12.2 Å². The van der Waals surface area contributed by atoms with Crippen LogP contribution in [0.3, 0.4) is 0 Å². The molecule has 4 aromatic rings. The van der Waals surface area contributed by atoms with E-state index in [9.17, 15) is 23.2 Å². The number of rotatable bonds is 8. The van der Waals surface area contributed by atoms with Crippen molar-refractivity contribution in [1.82, 2.24) is 29.7 Å². The molecule has 0 radical (unpaired) electrons. The van der Waals surface area contributed by atoms with Gasteiger partial charge in [0.2, 0.25) is 0 Å². The van der Waals surface area contributed by atoms with Crippen LogP contribution in [0.5, 0.6) is 6.01 Å². The third-order valence-electron chi connectivity index (χ3n) is 8.95. The molecule has 2 N–H and O–H groups in total. The monoisotopic (exact) mass is 747 g/mol. The molecule has 51 heavy (non-hydrogen) atoms. The van der Waals surface area contributed by atoms with Gasteiger partial charge in [-0.1, -0.05) is 11.6 Å². The van der Waals surface area contributed by atoms with Crippen LogP contribution < -0.4 is 15.4 Å². The number of fused-ring (bicyclic) bond motifs is 1. The molecule has 2 aliphatic rings. The minimum absolute atomic E-state index is 0.0223. The van der Waals surface area contributed by atoms with E-state index in [1.165, 1.54) is 24.1 Å². The maximum Gasteiger partial charge on any atom is 0.418 e. The maximum absolute atomic E-state index is 16.7. The zero-order valence-electron chi connectivity index (χ0n) is 27.3. The summed E-state index contributed by atoms with van der Waals surface area (Å²) in [6, 6.07) is 3.27. The molecule has 0 bridgehead atoms. The number of carbonyl (C=O) groups excluding carboxylic acids is 1. The fourth-order valence-corrected chi connectivity index (χ4v) is 7.32. The van der Waals surface area contributed by atoms with Crippen molar-refractivity contribution in [3.63, 3.8) is 0 Å². The Bertz CT molecular complexity index is 2040. The zero-order chi connectivity index (χ0) is 36.6. The first-order chi connectivity index (χ1) is 24.3. The number of ether oxygens (including phenoxy) is 1. The van der Waals surface area contributed by atoms with Gasteiger partial charge in [0.25, 0.3) is 5.91 Å². The molecule has 1 aromatic carbocycles. The summed E-state index contributed by atoms with van der Waals surface area (Å²) in [5.41, 5.74) is 2.50. The number of amides is 1. The maximum atomic E-state index is 16.7. The Morgan fingerprint density at radius 3 is 2.67 bits per heavy atom. The Morgan fingerprint density at radius 1 is 1.22 bits per heavy atom. The number of thiazole rings is 1. The van der Waals surface area contributed by atoms with Gasteiger partial charge in [-0.05, 0) is 51.1 Å². The fraction of sp³-hybridized carbons (Fsp3) is 0.394. The molecular formula is C33H31ClF5N9O2S. The Labute approximate surface area is 298 Å². The van der Waals surface area contributed by atoms with Crippen LogP contribution in [0.1, 0.15) is 35.4 Å². The van der Waals surface area contributed by atoms with Crippen molar-refractivity contribution in [2.75, 3.05) is 50.5 Å². The minimum Gasteiger partial charge on any atom is -0.462 e. The van der Waals surface area contributed by atoms with Gasteiger partial charge in [-0.3, -0.25) is 4.79 Å². The Kier molecular flexibility index (Phi) is 10.3. The number of nitrogen functional groups attached to an aromatic ring is 1. The third kappa shape index (κ3) is 7.39. The lowest BCUT2D eigenvalue weighted by Gasteiger charge is -2.41. The molecule has 0 aliphatic carbocycles. The Balaban J connectivity index is 1.44. The highest BCUT2D eigenvalue weighted by Gasteiger charge is 2.39. The summed E-state index contributed by atoms with van der Waals surface area (Å²) in [4.78, 5) is 34.9. The first kappa shape index (κ1) is 36.1. The van der Waals surface area contributed by atoms with E-state index in [1.807, 2.05) is 13.1 Å². The molecule has 0 saturated carbocycles. The van der Waals surface area contributed by atoms with Crippen molar-refractivity contribution >= 4 is 57.5 Å². The molecule has 11 nitrogen and oxygen atoms in total. The summed E-state index contributed by atoms with van der Waals surface area (Å²) in [7, 11) is 1.94. The van der Waals surface area contributed by atoms with Gasteiger partial charge in [0.15, 0.2) is 11.6 Å². The molecule has 2 aliphatic heterocycles. The van der Waals surface area contributed by atoms with E-state index in [4.69, 9.17) is 22.1 Å². The highest BCUT2D eigenvalue weighted by Crippen LogP contribution is 2.44. The summed E-state index contributed by atoms with van der Waals surface area (Å²) in [6.45, 7) is 2.17. The number of carbonyl (C=O) groups is 1. The lowest BCUT2D eigenvalue weighted by Crippen LogP contribution is -2.55. The molecule has 6 rings (SSSR count). The molecule has 5 heterocycles. The van der Waals surface area contributed by atoms with Crippen LogP contribution >= 0.6 is 22.9 Å². The number of aromatic nitrogens is 4.